The van der Waals surface area contributed by atoms with Gasteiger partial charge < -0.3 is 10.6 Å². The van der Waals surface area contributed by atoms with Crippen LogP contribution in [0.1, 0.15) is 17.3 Å². The molecule has 20 heavy (non-hydrogen) atoms. The zero-order chi connectivity index (χ0) is 14.5. The van der Waals surface area contributed by atoms with Crippen molar-refractivity contribution in [2.75, 3.05) is 17.2 Å². The molecule has 4 nitrogen and oxygen atoms in total. The predicted molar refractivity (Wildman–Crippen MR) is 85.5 cm³/mol. The minimum Gasteiger partial charge on any atom is -0.370 e. The van der Waals surface area contributed by atoms with Crippen LogP contribution in [0.4, 0.5) is 11.5 Å². The lowest BCUT2D eigenvalue weighted by atomic mass is 10.2. The molecule has 0 fully saturated rings. The summed E-state index contributed by atoms with van der Waals surface area (Å²) in [5, 5.41) is 6.43. The van der Waals surface area contributed by atoms with Crippen LogP contribution < -0.4 is 10.6 Å². The quantitative estimate of drug-likeness (QED) is 0.866. The Labute approximate surface area is 130 Å². The monoisotopic (exact) mass is 353 g/mol. The van der Waals surface area contributed by atoms with Crippen LogP contribution >= 0.6 is 27.5 Å². The number of nitrogens with one attached hydrogen (secondary N) is 2. The van der Waals surface area contributed by atoms with E-state index in [-0.39, 0.29) is 5.91 Å². The number of amides is 1. The molecule has 1 amide bonds. The highest BCUT2D eigenvalue weighted by Gasteiger charge is 2.13. The van der Waals surface area contributed by atoms with Crippen LogP contribution in [0.25, 0.3) is 0 Å². The third-order valence-electron chi connectivity index (χ3n) is 2.53. The number of pyridine rings is 1. The van der Waals surface area contributed by atoms with Gasteiger partial charge in [0.05, 0.1) is 5.56 Å². The van der Waals surface area contributed by atoms with Gasteiger partial charge >= 0.3 is 0 Å². The van der Waals surface area contributed by atoms with Gasteiger partial charge in [0.2, 0.25) is 0 Å². The number of halogens is 2. The molecular formula is C14H13BrClN3O. The summed E-state index contributed by atoms with van der Waals surface area (Å²) in [5.41, 5.74) is 1.12. The first-order valence-corrected chi connectivity index (χ1v) is 7.23. The molecule has 2 aromatic rings. The summed E-state index contributed by atoms with van der Waals surface area (Å²) >= 11 is 9.22. The molecule has 1 aromatic carbocycles. The molecule has 0 aliphatic carbocycles. The van der Waals surface area contributed by atoms with Crippen molar-refractivity contribution >= 4 is 44.9 Å². The van der Waals surface area contributed by atoms with Crippen LogP contribution in [0.3, 0.4) is 0 Å². The summed E-state index contributed by atoms with van der Waals surface area (Å²) in [6.07, 6.45) is 1.65. The van der Waals surface area contributed by atoms with E-state index in [4.69, 9.17) is 11.6 Å². The zero-order valence-electron chi connectivity index (χ0n) is 10.8. The summed E-state index contributed by atoms with van der Waals surface area (Å²) in [6.45, 7) is 2.63. The maximum Gasteiger partial charge on any atom is 0.259 e. The first kappa shape index (κ1) is 14.8. The minimum absolute atomic E-state index is 0.239. The van der Waals surface area contributed by atoms with Gasteiger partial charge in [-0.1, -0.05) is 17.7 Å². The molecule has 0 spiro atoms. The van der Waals surface area contributed by atoms with Crippen LogP contribution in [0.5, 0.6) is 0 Å². The molecule has 104 valence electrons. The average Bonchev–Trinajstić information content (AvgIpc) is 2.41. The van der Waals surface area contributed by atoms with Gasteiger partial charge in [-0.25, -0.2) is 4.98 Å². The Morgan fingerprint density at radius 1 is 1.40 bits per heavy atom. The summed E-state index contributed by atoms with van der Waals surface area (Å²) in [7, 11) is 0. The zero-order valence-corrected chi connectivity index (χ0v) is 13.1. The largest absolute Gasteiger partial charge is 0.370 e. The van der Waals surface area contributed by atoms with Crippen LogP contribution in [0.15, 0.2) is 41.0 Å². The van der Waals surface area contributed by atoms with Crippen molar-refractivity contribution in [2.24, 2.45) is 0 Å². The van der Waals surface area contributed by atoms with Gasteiger partial charge in [0, 0.05) is 27.9 Å². The van der Waals surface area contributed by atoms with Crippen LogP contribution in [-0.4, -0.2) is 17.4 Å². The van der Waals surface area contributed by atoms with Gasteiger partial charge in [-0.05, 0) is 47.1 Å². The van der Waals surface area contributed by atoms with Crippen molar-refractivity contribution in [2.45, 2.75) is 6.92 Å². The third-order valence-corrected chi connectivity index (χ3v) is 3.19. The topological polar surface area (TPSA) is 54.0 Å². The Morgan fingerprint density at radius 3 is 2.90 bits per heavy atom. The van der Waals surface area contributed by atoms with E-state index in [2.05, 4.69) is 31.5 Å². The van der Waals surface area contributed by atoms with E-state index in [0.29, 0.717) is 28.6 Å². The molecule has 6 heteroatoms. The summed E-state index contributed by atoms with van der Waals surface area (Å²) < 4.78 is 0.746. The molecule has 1 heterocycles. The van der Waals surface area contributed by atoms with Gasteiger partial charge in [0.25, 0.3) is 5.91 Å². The number of anilines is 2. The standard InChI is InChI=1S/C14H13BrClN3O/c1-2-17-13-12(6-9(15)8-18-13)14(20)19-11-5-3-4-10(16)7-11/h3-8H,2H2,1H3,(H,17,18)(H,19,20). The Hall–Kier alpha value is -1.59. The Balaban J connectivity index is 2.26. The number of nitrogens with zero attached hydrogens (tertiary/aromatic N) is 1. The van der Waals surface area contributed by atoms with Gasteiger partial charge in [-0.3, -0.25) is 4.79 Å². The lowest BCUT2D eigenvalue weighted by Gasteiger charge is -2.10. The van der Waals surface area contributed by atoms with E-state index < -0.39 is 0 Å². The first-order chi connectivity index (χ1) is 9.60. The fourth-order valence-corrected chi connectivity index (χ4v) is 2.21. The van der Waals surface area contributed by atoms with Gasteiger partial charge in [0.15, 0.2) is 0 Å². The molecule has 2 N–H and O–H groups in total. The lowest BCUT2D eigenvalue weighted by molar-refractivity contribution is 0.102. The highest BCUT2D eigenvalue weighted by Crippen LogP contribution is 2.21. The van der Waals surface area contributed by atoms with Gasteiger partial charge in [-0.15, -0.1) is 0 Å². The van der Waals surface area contributed by atoms with Crippen molar-refractivity contribution in [3.8, 4) is 0 Å². The second kappa shape index (κ2) is 6.72. The van der Waals surface area contributed by atoms with E-state index in [1.807, 2.05) is 6.92 Å². The van der Waals surface area contributed by atoms with Crippen LogP contribution in [-0.2, 0) is 0 Å². The van der Waals surface area contributed by atoms with Crippen molar-refractivity contribution in [1.82, 2.24) is 4.98 Å². The third kappa shape index (κ3) is 3.71. The molecule has 0 saturated heterocycles. The van der Waals surface area contributed by atoms with Crippen LogP contribution in [0, 0.1) is 0 Å². The van der Waals surface area contributed by atoms with E-state index >= 15 is 0 Å². The maximum absolute atomic E-state index is 12.3. The van der Waals surface area contributed by atoms with E-state index in [1.54, 1.807) is 36.5 Å². The van der Waals surface area contributed by atoms with Crippen LogP contribution in [0.2, 0.25) is 5.02 Å². The molecule has 0 aliphatic heterocycles. The summed E-state index contributed by atoms with van der Waals surface area (Å²) in [4.78, 5) is 16.5. The molecular weight excluding hydrogens is 342 g/mol. The number of benzene rings is 1. The first-order valence-electron chi connectivity index (χ1n) is 6.06. The highest BCUT2D eigenvalue weighted by molar-refractivity contribution is 9.10. The van der Waals surface area contributed by atoms with E-state index in [1.165, 1.54) is 0 Å². The number of hydrogen-bond acceptors (Lipinski definition) is 3. The minimum atomic E-state index is -0.239. The number of aromatic nitrogens is 1. The van der Waals surface area contributed by atoms with E-state index in [0.717, 1.165) is 4.47 Å². The summed E-state index contributed by atoms with van der Waals surface area (Å²) in [5.74, 6) is 0.312. The number of carbonyl (C=O) groups excluding carboxylic acids is 1. The molecule has 0 unspecified atom stereocenters. The van der Waals surface area contributed by atoms with Gasteiger partial charge in [0.1, 0.15) is 5.82 Å². The SMILES string of the molecule is CCNc1ncc(Br)cc1C(=O)Nc1cccc(Cl)c1. The average molecular weight is 355 g/mol. The highest BCUT2D eigenvalue weighted by atomic mass is 79.9. The molecule has 2 rings (SSSR count). The van der Waals surface area contributed by atoms with Gasteiger partial charge in [-0.2, -0.15) is 0 Å². The second-order valence-corrected chi connectivity index (χ2v) is 5.40. The molecule has 0 bridgehead atoms. The van der Waals surface area contributed by atoms with Crippen molar-refractivity contribution in [3.05, 3.63) is 51.6 Å². The molecule has 0 radical (unpaired) electrons. The normalized spacial score (nSPS) is 10.2. The van der Waals surface area contributed by atoms with Crippen molar-refractivity contribution < 1.29 is 4.79 Å². The predicted octanol–water partition coefficient (Wildman–Crippen LogP) is 4.18. The van der Waals surface area contributed by atoms with Crippen molar-refractivity contribution in [1.29, 1.82) is 0 Å². The fraction of sp³-hybridized carbons (Fsp3) is 0.143. The number of rotatable bonds is 4. The van der Waals surface area contributed by atoms with Crippen molar-refractivity contribution in [3.63, 3.8) is 0 Å². The smallest absolute Gasteiger partial charge is 0.259 e. The Kier molecular flexibility index (Phi) is 4.98. The second-order valence-electron chi connectivity index (χ2n) is 4.04. The number of carbonyl (C=O) groups is 1. The summed E-state index contributed by atoms with van der Waals surface area (Å²) in [6, 6.07) is 8.73. The number of hydrogen-bond donors (Lipinski definition) is 2. The fourth-order valence-electron chi connectivity index (χ4n) is 1.69. The Bertz CT molecular complexity index is 634. The molecule has 0 atom stereocenters. The molecule has 1 aromatic heterocycles. The molecule has 0 saturated carbocycles. The lowest BCUT2D eigenvalue weighted by Crippen LogP contribution is -2.15. The van der Waals surface area contributed by atoms with E-state index in [9.17, 15) is 4.79 Å². The maximum atomic E-state index is 12.3. The molecule has 0 aliphatic rings. The Morgan fingerprint density at radius 2 is 2.20 bits per heavy atom.